The quantitative estimate of drug-likeness (QED) is 0.832. The van der Waals surface area contributed by atoms with E-state index in [1.54, 1.807) is 24.3 Å². The summed E-state index contributed by atoms with van der Waals surface area (Å²) in [5, 5.41) is 18.0. The molecule has 2 aliphatic heterocycles. The third-order valence-electron chi connectivity index (χ3n) is 4.42. The zero-order valence-electron chi connectivity index (χ0n) is 12.7. The van der Waals surface area contributed by atoms with Crippen molar-refractivity contribution in [3.8, 4) is 0 Å². The van der Waals surface area contributed by atoms with Crippen molar-refractivity contribution in [1.82, 2.24) is 0 Å². The zero-order valence-corrected chi connectivity index (χ0v) is 12.7. The van der Waals surface area contributed by atoms with Gasteiger partial charge in [-0.3, -0.25) is 19.2 Å². The molecule has 2 fully saturated rings. The van der Waals surface area contributed by atoms with E-state index in [4.69, 9.17) is 10.2 Å². The summed E-state index contributed by atoms with van der Waals surface area (Å²) in [7, 11) is 0. The van der Waals surface area contributed by atoms with Crippen LogP contribution in [0.1, 0.15) is 12.8 Å². The van der Waals surface area contributed by atoms with Crippen molar-refractivity contribution in [2.45, 2.75) is 12.8 Å². The first-order valence-electron chi connectivity index (χ1n) is 7.53. The molecule has 1 aromatic carbocycles. The largest absolute Gasteiger partial charge is 0.481 e. The van der Waals surface area contributed by atoms with Crippen LogP contribution in [0.5, 0.6) is 0 Å². The molecule has 2 saturated heterocycles. The van der Waals surface area contributed by atoms with E-state index in [1.807, 2.05) is 0 Å². The van der Waals surface area contributed by atoms with E-state index >= 15 is 0 Å². The second kappa shape index (κ2) is 5.95. The molecule has 2 amide bonds. The predicted molar refractivity (Wildman–Crippen MR) is 82.6 cm³/mol. The van der Waals surface area contributed by atoms with Crippen molar-refractivity contribution in [2.24, 2.45) is 11.8 Å². The lowest BCUT2D eigenvalue weighted by molar-refractivity contribution is -0.142. The average Bonchev–Trinajstić information content (AvgIpc) is 3.11. The molecule has 2 aliphatic rings. The summed E-state index contributed by atoms with van der Waals surface area (Å²) in [5.74, 6) is -3.92. The number of anilines is 2. The number of nitrogens with zero attached hydrogens (tertiary/aromatic N) is 2. The molecule has 2 atom stereocenters. The first-order valence-corrected chi connectivity index (χ1v) is 7.53. The fourth-order valence-electron chi connectivity index (χ4n) is 3.06. The Bertz CT molecular complexity index is 653. The third-order valence-corrected chi connectivity index (χ3v) is 4.42. The minimum Gasteiger partial charge on any atom is -0.481 e. The summed E-state index contributed by atoms with van der Waals surface area (Å²) in [5.41, 5.74) is 1.13. The molecule has 0 unspecified atom stereocenters. The van der Waals surface area contributed by atoms with Gasteiger partial charge in [-0.05, 0) is 24.3 Å². The number of rotatable bonds is 4. The zero-order chi connectivity index (χ0) is 17.4. The Morgan fingerprint density at radius 3 is 1.38 bits per heavy atom. The summed E-state index contributed by atoms with van der Waals surface area (Å²) in [6.07, 6.45) is -0.0516. The van der Waals surface area contributed by atoms with E-state index in [-0.39, 0.29) is 37.7 Å². The van der Waals surface area contributed by atoms with Crippen molar-refractivity contribution >= 4 is 35.1 Å². The van der Waals surface area contributed by atoms with Crippen molar-refractivity contribution in [1.29, 1.82) is 0 Å². The molecule has 2 heterocycles. The number of hydrogen-bond donors (Lipinski definition) is 2. The van der Waals surface area contributed by atoms with Crippen molar-refractivity contribution in [2.75, 3.05) is 22.9 Å². The topological polar surface area (TPSA) is 115 Å². The number of carbonyl (C=O) groups is 4. The van der Waals surface area contributed by atoms with Crippen LogP contribution in [0.4, 0.5) is 11.4 Å². The van der Waals surface area contributed by atoms with Gasteiger partial charge in [0.2, 0.25) is 11.8 Å². The van der Waals surface area contributed by atoms with E-state index in [1.165, 1.54) is 9.80 Å². The lowest BCUT2D eigenvalue weighted by atomic mass is 10.1. The van der Waals surface area contributed by atoms with Crippen LogP contribution in [0.3, 0.4) is 0 Å². The van der Waals surface area contributed by atoms with Gasteiger partial charge in [-0.15, -0.1) is 0 Å². The standard InChI is InChI=1S/C16H16N2O6/c19-13-5-9(15(21)22)7-17(13)11-1-2-12(4-3-11)18-8-10(16(23)24)6-14(18)20/h1-4,9-10H,5-8H2,(H,21,22)(H,23,24)/t9-,10-/m1/s1. The Hall–Kier alpha value is -2.90. The van der Waals surface area contributed by atoms with Crippen LogP contribution in [-0.2, 0) is 19.2 Å². The van der Waals surface area contributed by atoms with Crippen LogP contribution in [0.2, 0.25) is 0 Å². The molecule has 8 nitrogen and oxygen atoms in total. The van der Waals surface area contributed by atoms with Gasteiger partial charge < -0.3 is 20.0 Å². The van der Waals surface area contributed by atoms with Crippen LogP contribution in [-0.4, -0.2) is 47.1 Å². The van der Waals surface area contributed by atoms with Crippen LogP contribution in [0.15, 0.2) is 24.3 Å². The van der Waals surface area contributed by atoms with Gasteiger partial charge in [0.05, 0.1) is 11.8 Å². The van der Waals surface area contributed by atoms with Gasteiger partial charge in [-0.1, -0.05) is 0 Å². The van der Waals surface area contributed by atoms with Crippen LogP contribution in [0.25, 0.3) is 0 Å². The first kappa shape index (κ1) is 16.0. The van der Waals surface area contributed by atoms with E-state index in [2.05, 4.69) is 0 Å². The highest BCUT2D eigenvalue weighted by Crippen LogP contribution is 2.30. The van der Waals surface area contributed by atoms with Gasteiger partial charge in [0.1, 0.15) is 0 Å². The Kier molecular flexibility index (Phi) is 3.96. The van der Waals surface area contributed by atoms with Gasteiger partial charge in [0, 0.05) is 37.3 Å². The molecule has 0 aromatic heterocycles. The smallest absolute Gasteiger partial charge is 0.308 e. The molecule has 0 spiro atoms. The number of carboxylic acid groups (broad SMARTS) is 2. The summed E-state index contributed by atoms with van der Waals surface area (Å²) < 4.78 is 0. The highest BCUT2D eigenvalue weighted by Gasteiger charge is 2.36. The minimum atomic E-state index is -0.996. The Morgan fingerprint density at radius 2 is 1.12 bits per heavy atom. The Balaban J connectivity index is 1.75. The number of aliphatic carboxylic acids is 2. The van der Waals surface area contributed by atoms with E-state index in [9.17, 15) is 19.2 Å². The van der Waals surface area contributed by atoms with Gasteiger partial charge in [0.15, 0.2) is 0 Å². The van der Waals surface area contributed by atoms with Gasteiger partial charge in [-0.25, -0.2) is 0 Å². The predicted octanol–water partition coefficient (Wildman–Crippen LogP) is 0.562. The maximum Gasteiger partial charge on any atom is 0.308 e. The molecule has 24 heavy (non-hydrogen) atoms. The van der Waals surface area contributed by atoms with Crippen LogP contribution in [0, 0.1) is 11.8 Å². The van der Waals surface area contributed by atoms with E-state index in [0.717, 1.165) is 0 Å². The van der Waals surface area contributed by atoms with E-state index < -0.39 is 23.8 Å². The molecule has 126 valence electrons. The number of hydrogen-bond acceptors (Lipinski definition) is 4. The summed E-state index contributed by atoms with van der Waals surface area (Å²) in [6.45, 7) is 0.245. The third kappa shape index (κ3) is 2.82. The monoisotopic (exact) mass is 332 g/mol. The number of amides is 2. The average molecular weight is 332 g/mol. The van der Waals surface area contributed by atoms with Crippen molar-refractivity contribution in [3.63, 3.8) is 0 Å². The van der Waals surface area contributed by atoms with Crippen LogP contribution >= 0.6 is 0 Å². The molecule has 0 bridgehead atoms. The highest BCUT2D eigenvalue weighted by molar-refractivity contribution is 6.01. The summed E-state index contributed by atoms with van der Waals surface area (Å²) in [6, 6.07) is 6.55. The fourth-order valence-corrected chi connectivity index (χ4v) is 3.06. The fraction of sp³-hybridized carbons (Fsp3) is 0.375. The molecule has 3 rings (SSSR count). The van der Waals surface area contributed by atoms with Crippen molar-refractivity contribution in [3.05, 3.63) is 24.3 Å². The molecule has 0 radical (unpaired) electrons. The Labute approximate surface area is 137 Å². The number of carboxylic acids is 2. The highest BCUT2D eigenvalue weighted by atomic mass is 16.4. The van der Waals surface area contributed by atoms with E-state index in [0.29, 0.717) is 11.4 Å². The summed E-state index contributed by atoms with van der Waals surface area (Å²) >= 11 is 0. The first-order chi connectivity index (χ1) is 11.4. The maximum atomic E-state index is 11.9. The second-order valence-corrected chi connectivity index (χ2v) is 6.00. The molecule has 8 heteroatoms. The van der Waals surface area contributed by atoms with Gasteiger partial charge in [-0.2, -0.15) is 0 Å². The molecular weight excluding hydrogens is 316 g/mol. The second-order valence-electron chi connectivity index (χ2n) is 6.00. The normalized spacial score (nSPS) is 23.8. The molecule has 2 N–H and O–H groups in total. The van der Waals surface area contributed by atoms with Gasteiger partial charge in [0.25, 0.3) is 0 Å². The van der Waals surface area contributed by atoms with Crippen molar-refractivity contribution < 1.29 is 29.4 Å². The molecule has 0 aliphatic carbocycles. The minimum absolute atomic E-state index is 0.0258. The van der Waals surface area contributed by atoms with Gasteiger partial charge >= 0.3 is 11.9 Å². The SMILES string of the molecule is O=C(O)[C@@H]1CC(=O)N(c2ccc(N3C[C@H](C(=O)O)CC3=O)cc2)C1. The maximum absolute atomic E-state index is 11.9. The Morgan fingerprint density at radius 1 is 0.792 bits per heavy atom. The molecule has 1 aromatic rings. The van der Waals surface area contributed by atoms with Crippen LogP contribution < -0.4 is 9.80 Å². The number of carbonyl (C=O) groups excluding carboxylic acids is 2. The lowest BCUT2D eigenvalue weighted by Crippen LogP contribution is -2.27. The summed E-state index contributed by atoms with van der Waals surface area (Å²) in [4.78, 5) is 48.7. The molecular formula is C16H16N2O6. The lowest BCUT2D eigenvalue weighted by Gasteiger charge is -2.19. The number of benzene rings is 1. The molecule has 0 saturated carbocycles.